The molecule has 1 amide bonds. The van der Waals surface area contributed by atoms with Gasteiger partial charge >= 0.3 is 0 Å². The predicted octanol–water partition coefficient (Wildman–Crippen LogP) is 1.43. The zero-order valence-corrected chi connectivity index (χ0v) is 16.3. The number of hydrogen-bond acceptors (Lipinski definition) is 6. The SMILES string of the molecule is CCc1ccc(NC(=O)Cn2c(N3CCOCC3)nc(COC)cc2=O)cc1. The molecule has 1 aliphatic rings. The molecule has 1 aromatic carbocycles. The maximum atomic E-state index is 12.7. The Kier molecular flexibility index (Phi) is 6.78. The maximum absolute atomic E-state index is 12.7. The van der Waals surface area contributed by atoms with Crippen LogP contribution in [0, 0.1) is 0 Å². The molecule has 0 saturated carbocycles. The van der Waals surface area contributed by atoms with E-state index in [1.165, 1.54) is 16.2 Å². The molecule has 0 spiro atoms. The largest absolute Gasteiger partial charge is 0.378 e. The summed E-state index contributed by atoms with van der Waals surface area (Å²) in [4.78, 5) is 31.8. The van der Waals surface area contributed by atoms with Crippen LogP contribution in [0.4, 0.5) is 11.6 Å². The van der Waals surface area contributed by atoms with E-state index in [4.69, 9.17) is 9.47 Å². The minimum atomic E-state index is -0.278. The van der Waals surface area contributed by atoms with Crippen molar-refractivity contribution in [2.45, 2.75) is 26.5 Å². The van der Waals surface area contributed by atoms with E-state index in [-0.39, 0.29) is 24.6 Å². The third-order valence-corrected chi connectivity index (χ3v) is 4.57. The highest BCUT2D eigenvalue weighted by Gasteiger charge is 2.20. The predicted molar refractivity (Wildman–Crippen MR) is 107 cm³/mol. The summed E-state index contributed by atoms with van der Waals surface area (Å²) in [6.45, 7) is 4.55. The summed E-state index contributed by atoms with van der Waals surface area (Å²) in [6.07, 6.45) is 0.937. The second kappa shape index (κ2) is 9.48. The molecule has 1 aliphatic heterocycles. The normalized spacial score (nSPS) is 14.1. The third-order valence-electron chi connectivity index (χ3n) is 4.57. The number of nitrogens with one attached hydrogen (secondary N) is 1. The number of hydrogen-bond donors (Lipinski definition) is 1. The second-order valence-electron chi connectivity index (χ2n) is 6.60. The molecule has 2 aromatic rings. The summed E-state index contributed by atoms with van der Waals surface area (Å²) < 4.78 is 11.9. The highest BCUT2D eigenvalue weighted by Crippen LogP contribution is 2.14. The number of aryl methyl sites for hydroxylation is 1. The Morgan fingerprint density at radius 2 is 1.96 bits per heavy atom. The summed E-state index contributed by atoms with van der Waals surface area (Å²) in [7, 11) is 1.55. The van der Waals surface area contributed by atoms with E-state index in [9.17, 15) is 9.59 Å². The van der Waals surface area contributed by atoms with Gasteiger partial charge in [0.1, 0.15) is 6.54 Å². The zero-order valence-electron chi connectivity index (χ0n) is 16.3. The molecular formula is C20H26N4O4. The van der Waals surface area contributed by atoms with Gasteiger partial charge < -0.3 is 19.7 Å². The van der Waals surface area contributed by atoms with Gasteiger partial charge in [-0.2, -0.15) is 0 Å². The van der Waals surface area contributed by atoms with Crippen LogP contribution in [0.5, 0.6) is 0 Å². The van der Waals surface area contributed by atoms with E-state index < -0.39 is 0 Å². The molecule has 0 aliphatic carbocycles. The fourth-order valence-electron chi connectivity index (χ4n) is 3.08. The molecular weight excluding hydrogens is 360 g/mol. The number of ether oxygens (including phenoxy) is 2. The van der Waals surface area contributed by atoms with E-state index >= 15 is 0 Å². The number of carbonyl (C=O) groups excluding carboxylic acids is 1. The van der Waals surface area contributed by atoms with Crippen molar-refractivity contribution >= 4 is 17.5 Å². The molecule has 8 nitrogen and oxygen atoms in total. The molecule has 1 N–H and O–H groups in total. The van der Waals surface area contributed by atoms with Crippen LogP contribution >= 0.6 is 0 Å². The summed E-state index contributed by atoms with van der Waals surface area (Å²) in [6, 6.07) is 9.09. The zero-order chi connectivity index (χ0) is 19.9. The average Bonchev–Trinajstić information content (AvgIpc) is 2.71. The van der Waals surface area contributed by atoms with Crippen LogP contribution in [0.25, 0.3) is 0 Å². The Morgan fingerprint density at radius 1 is 1.25 bits per heavy atom. The minimum absolute atomic E-state index is 0.110. The van der Waals surface area contributed by atoms with Crippen molar-refractivity contribution in [2.24, 2.45) is 0 Å². The van der Waals surface area contributed by atoms with Crippen LogP contribution in [0.2, 0.25) is 0 Å². The molecule has 3 rings (SSSR count). The third kappa shape index (κ3) is 4.96. The standard InChI is InChI=1S/C20H26N4O4/c1-3-15-4-6-16(7-5-15)21-18(25)13-24-19(26)12-17(14-27-2)22-20(24)23-8-10-28-11-9-23/h4-7,12H,3,8-11,13-14H2,1-2H3,(H,21,25). The lowest BCUT2D eigenvalue weighted by molar-refractivity contribution is -0.116. The summed E-state index contributed by atoms with van der Waals surface area (Å²) in [5.74, 6) is 0.196. The van der Waals surface area contributed by atoms with Crippen molar-refractivity contribution < 1.29 is 14.3 Å². The average molecular weight is 386 g/mol. The summed E-state index contributed by atoms with van der Waals surface area (Å²) in [5.41, 5.74) is 2.16. The van der Waals surface area contributed by atoms with Crippen molar-refractivity contribution in [3.05, 3.63) is 51.9 Å². The van der Waals surface area contributed by atoms with Gasteiger partial charge in [0.15, 0.2) is 0 Å². The van der Waals surface area contributed by atoms with E-state index in [0.717, 1.165) is 6.42 Å². The smallest absolute Gasteiger partial charge is 0.255 e. The van der Waals surface area contributed by atoms with Crippen molar-refractivity contribution in [1.82, 2.24) is 9.55 Å². The van der Waals surface area contributed by atoms with E-state index in [2.05, 4.69) is 17.2 Å². The van der Waals surface area contributed by atoms with Crippen molar-refractivity contribution in [1.29, 1.82) is 0 Å². The topological polar surface area (TPSA) is 85.7 Å². The van der Waals surface area contributed by atoms with Gasteiger partial charge in [-0.15, -0.1) is 0 Å². The Morgan fingerprint density at radius 3 is 2.61 bits per heavy atom. The lowest BCUT2D eigenvalue weighted by Gasteiger charge is -2.29. The number of benzene rings is 1. The van der Waals surface area contributed by atoms with Crippen LogP contribution in [-0.4, -0.2) is 48.9 Å². The van der Waals surface area contributed by atoms with Gasteiger partial charge in [-0.3, -0.25) is 14.2 Å². The first-order chi connectivity index (χ1) is 13.6. The molecule has 2 heterocycles. The lowest BCUT2D eigenvalue weighted by atomic mass is 10.1. The first-order valence-corrected chi connectivity index (χ1v) is 9.42. The monoisotopic (exact) mass is 386 g/mol. The van der Waals surface area contributed by atoms with Crippen molar-refractivity contribution in [3.63, 3.8) is 0 Å². The number of amides is 1. The Labute approximate surface area is 164 Å². The molecule has 0 bridgehead atoms. The maximum Gasteiger partial charge on any atom is 0.255 e. The molecule has 8 heteroatoms. The Balaban J connectivity index is 1.82. The highest BCUT2D eigenvalue weighted by molar-refractivity contribution is 5.90. The van der Waals surface area contributed by atoms with Gasteiger partial charge in [-0.05, 0) is 24.1 Å². The van der Waals surface area contributed by atoms with Gasteiger partial charge in [0.2, 0.25) is 11.9 Å². The number of nitrogens with zero attached hydrogens (tertiary/aromatic N) is 3. The van der Waals surface area contributed by atoms with E-state index in [1.807, 2.05) is 29.2 Å². The van der Waals surface area contributed by atoms with Crippen molar-refractivity contribution in [3.8, 4) is 0 Å². The molecule has 0 unspecified atom stereocenters. The molecule has 1 aromatic heterocycles. The van der Waals surface area contributed by atoms with Crippen LogP contribution < -0.4 is 15.8 Å². The quantitative estimate of drug-likeness (QED) is 0.775. The van der Waals surface area contributed by atoms with Gasteiger partial charge in [0.05, 0.1) is 25.5 Å². The van der Waals surface area contributed by atoms with Gasteiger partial charge in [0, 0.05) is 32.0 Å². The summed E-state index contributed by atoms with van der Waals surface area (Å²) >= 11 is 0. The van der Waals surface area contributed by atoms with Crippen molar-refractivity contribution in [2.75, 3.05) is 43.6 Å². The number of aromatic nitrogens is 2. The first-order valence-electron chi connectivity index (χ1n) is 9.42. The van der Waals surface area contributed by atoms with Gasteiger partial charge in [0.25, 0.3) is 5.56 Å². The van der Waals surface area contributed by atoms with Crippen LogP contribution in [-0.2, 0) is 33.8 Å². The Bertz CT molecular complexity index is 857. The van der Waals surface area contributed by atoms with Crippen LogP contribution in [0.1, 0.15) is 18.2 Å². The number of anilines is 2. The molecule has 0 atom stereocenters. The highest BCUT2D eigenvalue weighted by atomic mass is 16.5. The number of methoxy groups -OCH3 is 1. The lowest BCUT2D eigenvalue weighted by Crippen LogP contribution is -2.42. The van der Waals surface area contributed by atoms with Crippen LogP contribution in [0.3, 0.4) is 0 Å². The number of morpholine rings is 1. The molecule has 150 valence electrons. The summed E-state index contributed by atoms with van der Waals surface area (Å²) in [5, 5.41) is 2.84. The fourth-order valence-corrected chi connectivity index (χ4v) is 3.08. The van der Waals surface area contributed by atoms with Gasteiger partial charge in [-0.25, -0.2) is 4.98 Å². The molecule has 28 heavy (non-hydrogen) atoms. The fraction of sp³-hybridized carbons (Fsp3) is 0.450. The second-order valence-corrected chi connectivity index (χ2v) is 6.60. The number of carbonyl (C=O) groups is 1. The van der Waals surface area contributed by atoms with Crippen LogP contribution in [0.15, 0.2) is 35.1 Å². The number of rotatable bonds is 7. The molecule has 1 saturated heterocycles. The minimum Gasteiger partial charge on any atom is -0.378 e. The van der Waals surface area contributed by atoms with E-state index in [0.29, 0.717) is 43.6 Å². The Hall–Kier alpha value is -2.71. The molecule has 1 fully saturated rings. The van der Waals surface area contributed by atoms with Gasteiger partial charge in [-0.1, -0.05) is 19.1 Å². The molecule has 0 radical (unpaired) electrons. The first kappa shape index (κ1) is 20.0. The van der Waals surface area contributed by atoms with E-state index in [1.54, 1.807) is 7.11 Å².